The minimum Gasteiger partial charge on any atom is -0.445 e. The maximum atomic E-state index is 11.7. The predicted octanol–water partition coefficient (Wildman–Crippen LogP) is 1.90. The lowest BCUT2D eigenvalue weighted by atomic mass is 10.2. The standard InChI is InChI=1S/C14H18N2O3.C4H9N/c17-13(16-8-4-5-9-16)10-15-14(18)19-11-12-6-2-1-3-7-12;1-2-4-5-3-1/h1-3,6-7H,4-5,8-11H2,(H,15,18);5H,1-4H2. The molecule has 0 aliphatic carbocycles. The van der Waals surface area contributed by atoms with Crippen molar-refractivity contribution in [3.8, 4) is 0 Å². The summed E-state index contributed by atoms with van der Waals surface area (Å²) in [6.07, 6.45) is 4.31. The summed E-state index contributed by atoms with van der Waals surface area (Å²) in [6.45, 7) is 4.30. The molecule has 6 heteroatoms. The van der Waals surface area contributed by atoms with Gasteiger partial charge in [-0.1, -0.05) is 30.3 Å². The number of alkyl carbamates (subject to hydrolysis) is 1. The molecule has 6 nitrogen and oxygen atoms in total. The molecule has 2 N–H and O–H groups in total. The van der Waals surface area contributed by atoms with Gasteiger partial charge in [-0.2, -0.15) is 0 Å². The molecule has 0 unspecified atom stereocenters. The van der Waals surface area contributed by atoms with E-state index in [1.54, 1.807) is 4.90 Å². The van der Waals surface area contributed by atoms with Crippen LogP contribution in [0.5, 0.6) is 0 Å². The third-order valence-corrected chi connectivity index (χ3v) is 4.01. The summed E-state index contributed by atoms with van der Waals surface area (Å²) < 4.78 is 5.02. The molecule has 132 valence electrons. The fourth-order valence-corrected chi connectivity index (χ4v) is 2.63. The zero-order chi connectivity index (χ0) is 17.0. The van der Waals surface area contributed by atoms with Crippen molar-refractivity contribution in [3.05, 3.63) is 35.9 Å². The number of nitrogens with one attached hydrogen (secondary N) is 2. The minimum atomic E-state index is -0.559. The Kier molecular flexibility index (Phi) is 8.10. The Morgan fingerprint density at radius 2 is 1.71 bits per heavy atom. The van der Waals surface area contributed by atoms with Crippen LogP contribution in [0.4, 0.5) is 4.79 Å². The van der Waals surface area contributed by atoms with Gasteiger partial charge in [0.25, 0.3) is 0 Å². The van der Waals surface area contributed by atoms with E-state index in [2.05, 4.69) is 10.6 Å². The number of hydrogen-bond donors (Lipinski definition) is 2. The van der Waals surface area contributed by atoms with Gasteiger partial charge >= 0.3 is 6.09 Å². The number of carbonyl (C=O) groups is 2. The molecule has 0 aromatic heterocycles. The van der Waals surface area contributed by atoms with Crippen LogP contribution in [0.3, 0.4) is 0 Å². The average Bonchev–Trinajstić information content (AvgIpc) is 3.35. The fraction of sp³-hybridized carbons (Fsp3) is 0.556. The number of benzene rings is 1. The van der Waals surface area contributed by atoms with E-state index in [0.29, 0.717) is 0 Å². The molecule has 0 saturated carbocycles. The highest BCUT2D eigenvalue weighted by atomic mass is 16.5. The lowest BCUT2D eigenvalue weighted by molar-refractivity contribution is -0.129. The molecule has 1 aromatic rings. The lowest BCUT2D eigenvalue weighted by Gasteiger charge is -2.15. The van der Waals surface area contributed by atoms with Crippen molar-refractivity contribution in [1.29, 1.82) is 0 Å². The predicted molar refractivity (Wildman–Crippen MR) is 92.5 cm³/mol. The highest BCUT2D eigenvalue weighted by molar-refractivity contribution is 5.82. The Balaban J connectivity index is 0.000000355. The van der Waals surface area contributed by atoms with Gasteiger partial charge in [-0.05, 0) is 44.3 Å². The molecule has 0 bridgehead atoms. The average molecular weight is 333 g/mol. The van der Waals surface area contributed by atoms with Crippen LogP contribution in [-0.4, -0.2) is 49.6 Å². The second-order valence-corrected chi connectivity index (χ2v) is 5.96. The fourth-order valence-electron chi connectivity index (χ4n) is 2.63. The van der Waals surface area contributed by atoms with Crippen LogP contribution in [0, 0.1) is 0 Å². The van der Waals surface area contributed by atoms with E-state index in [-0.39, 0.29) is 19.1 Å². The molecule has 0 atom stereocenters. The van der Waals surface area contributed by atoms with Crippen LogP contribution in [0.15, 0.2) is 30.3 Å². The Bertz CT molecular complexity index is 490. The molecule has 3 rings (SSSR count). The summed E-state index contributed by atoms with van der Waals surface area (Å²) >= 11 is 0. The molecule has 2 fully saturated rings. The van der Waals surface area contributed by atoms with Crippen molar-refractivity contribution in [2.75, 3.05) is 32.7 Å². The number of hydrogen-bond acceptors (Lipinski definition) is 4. The number of ether oxygens (including phenoxy) is 1. The van der Waals surface area contributed by atoms with Crippen LogP contribution in [0.1, 0.15) is 31.2 Å². The van der Waals surface area contributed by atoms with Crippen molar-refractivity contribution in [2.45, 2.75) is 32.3 Å². The highest BCUT2D eigenvalue weighted by Crippen LogP contribution is 2.06. The SMILES string of the molecule is C1CCNC1.O=C(NCC(=O)N1CCCC1)OCc1ccccc1. The number of nitrogens with zero attached hydrogens (tertiary/aromatic N) is 1. The summed E-state index contributed by atoms with van der Waals surface area (Å²) in [5.74, 6) is -0.0471. The Morgan fingerprint density at radius 1 is 1.04 bits per heavy atom. The molecule has 2 aliphatic rings. The maximum absolute atomic E-state index is 11.7. The molecule has 1 aromatic carbocycles. The molecule has 2 heterocycles. The van der Waals surface area contributed by atoms with Crippen molar-refractivity contribution < 1.29 is 14.3 Å². The van der Waals surface area contributed by atoms with Gasteiger partial charge in [0, 0.05) is 13.1 Å². The molecular weight excluding hydrogens is 306 g/mol. The largest absolute Gasteiger partial charge is 0.445 e. The molecule has 2 saturated heterocycles. The van der Waals surface area contributed by atoms with Gasteiger partial charge in [0.2, 0.25) is 5.91 Å². The zero-order valence-corrected chi connectivity index (χ0v) is 14.1. The van der Waals surface area contributed by atoms with Crippen molar-refractivity contribution in [2.24, 2.45) is 0 Å². The molecule has 2 amide bonds. The first-order chi connectivity index (χ1) is 11.8. The van der Waals surface area contributed by atoms with Crippen molar-refractivity contribution in [1.82, 2.24) is 15.5 Å². The van der Waals surface area contributed by atoms with Gasteiger partial charge in [0.15, 0.2) is 0 Å². The quantitative estimate of drug-likeness (QED) is 0.883. The molecule has 2 aliphatic heterocycles. The monoisotopic (exact) mass is 333 g/mol. The molecule has 0 radical (unpaired) electrons. The number of carbonyl (C=O) groups excluding carboxylic acids is 2. The van der Waals surface area contributed by atoms with Gasteiger partial charge in [-0.15, -0.1) is 0 Å². The van der Waals surface area contributed by atoms with E-state index in [9.17, 15) is 9.59 Å². The summed E-state index contributed by atoms with van der Waals surface area (Å²) in [5, 5.41) is 5.70. The normalized spacial score (nSPS) is 16.2. The zero-order valence-electron chi connectivity index (χ0n) is 14.1. The smallest absolute Gasteiger partial charge is 0.407 e. The Labute approximate surface area is 143 Å². The lowest BCUT2D eigenvalue weighted by Crippen LogP contribution is -2.38. The van der Waals surface area contributed by atoms with Crippen LogP contribution in [0.2, 0.25) is 0 Å². The van der Waals surface area contributed by atoms with E-state index in [1.807, 2.05) is 30.3 Å². The van der Waals surface area contributed by atoms with E-state index in [0.717, 1.165) is 31.5 Å². The third kappa shape index (κ3) is 7.00. The highest BCUT2D eigenvalue weighted by Gasteiger charge is 2.18. The minimum absolute atomic E-state index is 0.00756. The van der Waals surface area contributed by atoms with Gasteiger partial charge in [0.05, 0.1) is 0 Å². The van der Waals surface area contributed by atoms with Crippen LogP contribution in [-0.2, 0) is 16.1 Å². The Morgan fingerprint density at radius 3 is 2.29 bits per heavy atom. The van der Waals surface area contributed by atoms with E-state index >= 15 is 0 Å². The number of rotatable bonds is 4. The van der Waals surface area contributed by atoms with Gasteiger partial charge < -0.3 is 20.3 Å². The van der Waals surface area contributed by atoms with Gasteiger partial charge in [-0.25, -0.2) is 4.79 Å². The van der Waals surface area contributed by atoms with E-state index in [4.69, 9.17) is 4.74 Å². The van der Waals surface area contributed by atoms with E-state index in [1.165, 1.54) is 25.9 Å². The number of likely N-dealkylation sites (tertiary alicyclic amines) is 1. The Hall–Kier alpha value is -2.08. The van der Waals surface area contributed by atoms with Crippen molar-refractivity contribution in [3.63, 3.8) is 0 Å². The van der Waals surface area contributed by atoms with Crippen LogP contribution in [0.25, 0.3) is 0 Å². The van der Waals surface area contributed by atoms with Gasteiger partial charge in [-0.3, -0.25) is 4.79 Å². The first-order valence-corrected chi connectivity index (χ1v) is 8.69. The third-order valence-electron chi connectivity index (χ3n) is 4.01. The van der Waals surface area contributed by atoms with Crippen molar-refractivity contribution >= 4 is 12.0 Å². The summed E-state index contributed by atoms with van der Waals surface area (Å²) in [7, 11) is 0. The first-order valence-electron chi connectivity index (χ1n) is 8.69. The first kappa shape index (κ1) is 18.3. The maximum Gasteiger partial charge on any atom is 0.407 e. The van der Waals surface area contributed by atoms with Crippen LogP contribution >= 0.6 is 0 Å². The topological polar surface area (TPSA) is 70.7 Å². The number of amides is 2. The summed E-state index contributed by atoms with van der Waals surface area (Å²) in [5.41, 5.74) is 0.920. The second-order valence-electron chi connectivity index (χ2n) is 5.96. The van der Waals surface area contributed by atoms with E-state index < -0.39 is 6.09 Å². The summed E-state index contributed by atoms with van der Waals surface area (Å²) in [4.78, 5) is 24.9. The van der Waals surface area contributed by atoms with Crippen LogP contribution < -0.4 is 10.6 Å². The summed E-state index contributed by atoms with van der Waals surface area (Å²) in [6, 6.07) is 9.42. The molecule has 0 spiro atoms. The molecule has 24 heavy (non-hydrogen) atoms. The molecular formula is C18H27N3O3. The second kappa shape index (κ2) is 10.6. The van der Waals surface area contributed by atoms with Gasteiger partial charge in [0.1, 0.15) is 13.2 Å².